The molecule has 0 saturated carbocycles. The summed E-state index contributed by atoms with van der Waals surface area (Å²) in [6, 6.07) is 1.27. The van der Waals surface area contributed by atoms with Crippen molar-refractivity contribution >= 4 is 17.6 Å². The van der Waals surface area contributed by atoms with E-state index in [1.54, 1.807) is 42.7 Å². The Kier molecular flexibility index (Phi) is 36.4. The van der Waals surface area contributed by atoms with Crippen LogP contribution >= 0.6 is 0 Å². The minimum absolute atomic E-state index is 0.184. The van der Waals surface area contributed by atoms with Gasteiger partial charge >= 0.3 is 17.6 Å². The molecule has 7 N–H and O–H groups in total. The van der Waals surface area contributed by atoms with E-state index in [1.807, 2.05) is 0 Å². The Hall–Kier alpha value is -0.246. The molecule has 0 fully saturated rings. The van der Waals surface area contributed by atoms with Crippen LogP contribution in [0.3, 0.4) is 0 Å². The van der Waals surface area contributed by atoms with E-state index in [0.717, 1.165) is 39.0 Å². The summed E-state index contributed by atoms with van der Waals surface area (Å²) in [5.41, 5.74) is 5.84. The zero-order valence-electron chi connectivity index (χ0n) is 36.5. The van der Waals surface area contributed by atoms with Crippen molar-refractivity contribution < 1.29 is 56.1 Å². The number of nitrogens with one attached hydrogen (secondary N) is 2. The van der Waals surface area contributed by atoms with Crippen molar-refractivity contribution in [1.82, 2.24) is 20.4 Å². The number of nitrogens with two attached hydrogens (primary N) is 1. The molecule has 0 aromatic rings. The Morgan fingerprint density at radius 3 is 1.39 bits per heavy atom. The Balaban J connectivity index is 4.68. The van der Waals surface area contributed by atoms with Gasteiger partial charge in [-0.3, -0.25) is 9.80 Å². The normalized spacial score (nSPS) is 14.9. The lowest BCUT2D eigenvalue weighted by molar-refractivity contribution is -0.0159. The van der Waals surface area contributed by atoms with Crippen LogP contribution in [0.2, 0.25) is 12.1 Å². The lowest BCUT2D eigenvalue weighted by atomic mass is 10.0. The lowest BCUT2D eigenvalue weighted by Crippen LogP contribution is -2.45. The molecular weight excluding hydrogens is 763 g/mol. The number of nitrogens with zero attached hydrogens (tertiary/aromatic N) is 2. The van der Waals surface area contributed by atoms with E-state index in [-0.39, 0.29) is 19.8 Å². The Morgan fingerprint density at radius 2 is 0.982 bits per heavy atom. The molecule has 17 nitrogen and oxygen atoms in total. The predicted octanol–water partition coefficient (Wildman–Crippen LogP) is 0.614. The standard InChI is InChI=1S/C37H85N5O12Si2/c1-9-11-14-34(10-2)30-54-33-37(45)29-42(28-36(44)32-53-24-13-26-56(49-6,50-7)51-8)22-19-40-17-16-39-18-21-41(20-15-38)27-35(43)31-52-23-12-25-55(46-3,47-4)48-5/h34-37,39-40,43-45H,9-33,38H2,1-8H3. The molecule has 338 valence electrons. The van der Waals surface area contributed by atoms with E-state index < -0.39 is 35.9 Å². The number of aliphatic hydroxyl groups is 3. The first kappa shape index (κ1) is 55.8. The predicted molar refractivity (Wildman–Crippen MR) is 224 cm³/mol. The number of hydrogen-bond acceptors (Lipinski definition) is 17. The molecule has 4 unspecified atom stereocenters. The van der Waals surface area contributed by atoms with Crippen LogP contribution in [0.4, 0.5) is 0 Å². The zero-order valence-corrected chi connectivity index (χ0v) is 38.5. The molecule has 4 atom stereocenters. The van der Waals surface area contributed by atoms with E-state index in [0.29, 0.717) is 96.5 Å². The highest BCUT2D eigenvalue weighted by Gasteiger charge is 2.37. The molecule has 0 aliphatic rings. The highest BCUT2D eigenvalue weighted by Crippen LogP contribution is 2.16. The fraction of sp³-hybridized carbons (Fsp3) is 1.00. The Morgan fingerprint density at radius 1 is 0.554 bits per heavy atom. The van der Waals surface area contributed by atoms with Gasteiger partial charge in [0.25, 0.3) is 0 Å². The highest BCUT2D eigenvalue weighted by molar-refractivity contribution is 6.60. The second-order valence-corrected chi connectivity index (χ2v) is 20.4. The quantitative estimate of drug-likeness (QED) is 0.0368. The van der Waals surface area contributed by atoms with Crippen LogP contribution in [0.5, 0.6) is 0 Å². The van der Waals surface area contributed by atoms with Crippen LogP contribution in [0, 0.1) is 5.92 Å². The summed E-state index contributed by atoms with van der Waals surface area (Å²) < 4.78 is 50.1. The van der Waals surface area contributed by atoms with Gasteiger partial charge in [0, 0.05) is 147 Å². The maximum Gasteiger partial charge on any atom is 0.500 e. The van der Waals surface area contributed by atoms with Crippen LogP contribution in [-0.2, 0) is 40.8 Å². The van der Waals surface area contributed by atoms with E-state index in [2.05, 4.69) is 34.3 Å². The molecular formula is C37H85N5O12Si2. The largest absolute Gasteiger partial charge is 0.500 e. The molecule has 0 radical (unpaired) electrons. The summed E-state index contributed by atoms with van der Waals surface area (Å²) in [6.07, 6.45) is 3.96. The Labute approximate surface area is 342 Å². The van der Waals surface area contributed by atoms with Crippen molar-refractivity contribution in [1.29, 1.82) is 0 Å². The molecule has 0 heterocycles. The summed E-state index contributed by atoms with van der Waals surface area (Å²) in [7, 11) is 4.28. The summed E-state index contributed by atoms with van der Waals surface area (Å²) >= 11 is 0. The van der Waals surface area contributed by atoms with Crippen LogP contribution in [0.25, 0.3) is 0 Å². The van der Waals surface area contributed by atoms with Crippen molar-refractivity contribution in [3.05, 3.63) is 0 Å². The lowest BCUT2D eigenvalue weighted by Gasteiger charge is -2.28. The molecule has 0 aliphatic heterocycles. The summed E-state index contributed by atoms with van der Waals surface area (Å²) in [5, 5.41) is 39.2. The highest BCUT2D eigenvalue weighted by atomic mass is 28.4. The van der Waals surface area contributed by atoms with Crippen molar-refractivity contribution in [2.45, 2.75) is 82.8 Å². The second kappa shape index (κ2) is 36.6. The molecule has 0 amide bonds. The Bertz CT molecular complexity index is 845. The maximum atomic E-state index is 10.9. The van der Waals surface area contributed by atoms with Gasteiger partial charge in [0.1, 0.15) is 0 Å². The van der Waals surface area contributed by atoms with E-state index >= 15 is 0 Å². The van der Waals surface area contributed by atoms with Crippen molar-refractivity contribution in [2.75, 3.05) is 154 Å². The molecule has 0 saturated heterocycles. The topological polar surface area (TPSA) is 200 Å². The minimum Gasteiger partial charge on any atom is -0.389 e. The average Bonchev–Trinajstić information content (AvgIpc) is 3.20. The van der Waals surface area contributed by atoms with Gasteiger partial charge in [-0.05, 0) is 25.2 Å². The van der Waals surface area contributed by atoms with Gasteiger partial charge in [0.15, 0.2) is 0 Å². The van der Waals surface area contributed by atoms with Gasteiger partial charge in [-0.25, -0.2) is 0 Å². The first-order chi connectivity index (χ1) is 27.0. The SMILES string of the molecule is CCCCC(CC)COCC(O)CN(CCNCCNCCN(CCN)CC(O)COCCC[Si](OC)(OC)OC)CC(O)COCCC[Si](OC)(OC)OC. The van der Waals surface area contributed by atoms with E-state index in [4.69, 9.17) is 46.5 Å². The number of unbranched alkanes of at least 4 members (excludes halogenated alkanes) is 1. The molecule has 0 aliphatic carbocycles. The van der Waals surface area contributed by atoms with E-state index in [9.17, 15) is 15.3 Å². The van der Waals surface area contributed by atoms with Crippen molar-refractivity contribution in [3.8, 4) is 0 Å². The molecule has 0 rings (SSSR count). The third-order valence-corrected chi connectivity index (χ3v) is 15.4. The first-order valence-electron chi connectivity index (χ1n) is 20.7. The van der Waals surface area contributed by atoms with Gasteiger partial charge in [-0.2, -0.15) is 0 Å². The number of aliphatic hydroxyl groups excluding tert-OH is 3. The van der Waals surface area contributed by atoms with Gasteiger partial charge < -0.3 is 72.5 Å². The number of rotatable bonds is 43. The van der Waals surface area contributed by atoms with Crippen LogP contribution in [-0.4, -0.2) is 215 Å². The number of hydrogen-bond donors (Lipinski definition) is 6. The third-order valence-electron chi connectivity index (χ3n) is 9.78. The molecule has 19 heteroatoms. The molecule has 0 spiro atoms. The van der Waals surface area contributed by atoms with Crippen LogP contribution in [0.15, 0.2) is 0 Å². The minimum atomic E-state index is -2.65. The summed E-state index contributed by atoms with van der Waals surface area (Å²) in [6.45, 7) is 13.4. The van der Waals surface area contributed by atoms with Crippen LogP contribution < -0.4 is 16.4 Å². The van der Waals surface area contributed by atoms with Crippen molar-refractivity contribution in [2.24, 2.45) is 11.7 Å². The first-order valence-corrected chi connectivity index (χ1v) is 24.6. The van der Waals surface area contributed by atoms with Crippen LogP contribution in [0.1, 0.15) is 52.4 Å². The average molecular weight is 848 g/mol. The van der Waals surface area contributed by atoms with Gasteiger partial charge in [-0.15, -0.1) is 0 Å². The summed E-state index contributed by atoms with van der Waals surface area (Å²) in [4.78, 5) is 4.19. The smallest absolute Gasteiger partial charge is 0.389 e. The molecule has 56 heavy (non-hydrogen) atoms. The van der Waals surface area contributed by atoms with Gasteiger partial charge in [-0.1, -0.05) is 33.1 Å². The third kappa shape index (κ3) is 27.5. The molecule has 0 aromatic heterocycles. The van der Waals surface area contributed by atoms with Crippen molar-refractivity contribution in [3.63, 3.8) is 0 Å². The zero-order chi connectivity index (χ0) is 41.9. The van der Waals surface area contributed by atoms with Gasteiger partial charge in [0.2, 0.25) is 0 Å². The fourth-order valence-electron chi connectivity index (χ4n) is 6.29. The monoisotopic (exact) mass is 848 g/mol. The molecule has 0 bridgehead atoms. The molecule has 0 aromatic carbocycles. The maximum absolute atomic E-state index is 10.9. The fourth-order valence-corrected chi connectivity index (χ4v) is 9.67. The second-order valence-electron chi connectivity index (χ2n) is 14.2. The number of ether oxygens (including phenoxy) is 3. The van der Waals surface area contributed by atoms with E-state index in [1.165, 1.54) is 12.8 Å². The summed E-state index contributed by atoms with van der Waals surface area (Å²) in [5.74, 6) is 0.507. The van der Waals surface area contributed by atoms with Gasteiger partial charge in [0.05, 0.1) is 38.1 Å².